The molecule has 0 saturated carbocycles. The number of carbonyl (C=O) groups is 1. The minimum absolute atomic E-state index is 0.0669. The summed E-state index contributed by atoms with van der Waals surface area (Å²) in [5.41, 5.74) is -0.748. The number of carboxylic acids is 1. The van der Waals surface area contributed by atoms with E-state index in [9.17, 15) is 14.4 Å². The fourth-order valence-electron chi connectivity index (χ4n) is 1.86. The van der Waals surface area contributed by atoms with Gasteiger partial charge in [0, 0.05) is 7.11 Å². The molecule has 19 heavy (non-hydrogen) atoms. The number of hydrogen-bond acceptors (Lipinski definition) is 5. The zero-order valence-electron chi connectivity index (χ0n) is 10.3. The lowest BCUT2D eigenvalue weighted by molar-refractivity contribution is 0.0701. The van der Waals surface area contributed by atoms with Gasteiger partial charge in [-0.3, -0.25) is 14.3 Å². The van der Waals surface area contributed by atoms with Gasteiger partial charge in [-0.15, -0.1) is 11.3 Å². The Morgan fingerprint density at radius 1 is 1.47 bits per heavy atom. The predicted octanol–water partition coefficient (Wildman–Crippen LogP) is 0.404. The van der Waals surface area contributed by atoms with Gasteiger partial charge in [-0.25, -0.2) is 9.59 Å². The minimum atomic E-state index is -1.11. The molecule has 0 amide bonds. The highest BCUT2D eigenvalue weighted by molar-refractivity contribution is 7.20. The molecule has 0 spiro atoms. The highest BCUT2D eigenvalue weighted by atomic mass is 32.1. The summed E-state index contributed by atoms with van der Waals surface area (Å²) in [5, 5.41) is 9.33. The van der Waals surface area contributed by atoms with Crippen molar-refractivity contribution in [2.75, 3.05) is 13.7 Å². The monoisotopic (exact) mass is 284 g/mol. The Hall–Kier alpha value is -1.93. The van der Waals surface area contributed by atoms with Crippen LogP contribution in [0.25, 0.3) is 10.2 Å². The summed E-state index contributed by atoms with van der Waals surface area (Å²) < 4.78 is 6.22. The maximum Gasteiger partial charge on any atom is 0.346 e. The Labute approximate surface area is 111 Å². The Morgan fingerprint density at radius 3 is 2.74 bits per heavy atom. The van der Waals surface area contributed by atoms with Crippen molar-refractivity contribution >= 4 is 27.5 Å². The van der Waals surface area contributed by atoms with Gasteiger partial charge in [0.1, 0.15) is 9.71 Å². The van der Waals surface area contributed by atoms with Gasteiger partial charge in [0.15, 0.2) is 0 Å². The van der Waals surface area contributed by atoms with Gasteiger partial charge < -0.3 is 9.84 Å². The van der Waals surface area contributed by atoms with E-state index in [0.717, 1.165) is 11.3 Å². The van der Waals surface area contributed by atoms with Crippen LogP contribution in [0.2, 0.25) is 0 Å². The summed E-state index contributed by atoms with van der Waals surface area (Å²) in [4.78, 5) is 37.3. The van der Waals surface area contributed by atoms with Crippen LogP contribution < -0.4 is 11.2 Å². The van der Waals surface area contributed by atoms with Crippen molar-refractivity contribution < 1.29 is 14.6 Å². The molecule has 0 saturated heterocycles. The van der Waals surface area contributed by atoms with E-state index in [1.807, 2.05) is 0 Å². The van der Waals surface area contributed by atoms with E-state index in [-0.39, 0.29) is 16.8 Å². The van der Waals surface area contributed by atoms with Crippen LogP contribution in [0.3, 0.4) is 0 Å². The first-order chi connectivity index (χ1) is 8.97. The predicted molar refractivity (Wildman–Crippen MR) is 70.3 cm³/mol. The highest BCUT2D eigenvalue weighted by Crippen LogP contribution is 2.27. The van der Waals surface area contributed by atoms with Gasteiger partial charge in [-0.2, -0.15) is 0 Å². The maximum atomic E-state index is 11.8. The second kappa shape index (κ2) is 4.98. The zero-order valence-corrected chi connectivity index (χ0v) is 11.2. The zero-order chi connectivity index (χ0) is 14.2. The number of aromatic carboxylic acids is 1. The first kappa shape index (κ1) is 13.5. The molecule has 102 valence electrons. The summed E-state index contributed by atoms with van der Waals surface area (Å²) in [6, 6.07) is 0. The molecule has 8 heteroatoms. The number of nitrogens with one attached hydrogen (secondary N) is 1. The molecule has 0 unspecified atom stereocenters. The van der Waals surface area contributed by atoms with Crippen LogP contribution in [0.15, 0.2) is 9.59 Å². The highest BCUT2D eigenvalue weighted by Gasteiger charge is 2.20. The van der Waals surface area contributed by atoms with Crippen LogP contribution in [-0.4, -0.2) is 34.3 Å². The van der Waals surface area contributed by atoms with Crippen LogP contribution in [0, 0.1) is 6.92 Å². The van der Waals surface area contributed by atoms with E-state index in [1.54, 1.807) is 6.92 Å². The second-order valence-electron chi connectivity index (χ2n) is 3.95. The van der Waals surface area contributed by atoms with Crippen LogP contribution in [0.4, 0.5) is 0 Å². The summed E-state index contributed by atoms with van der Waals surface area (Å²) in [6.07, 6.45) is 0. The third kappa shape index (κ3) is 2.20. The molecule has 2 aromatic rings. The minimum Gasteiger partial charge on any atom is -0.477 e. The molecule has 0 aliphatic heterocycles. The van der Waals surface area contributed by atoms with E-state index >= 15 is 0 Å². The molecule has 2 rings (SSSR count). The number of H-pyrrole nitrogens is 1. The fraction of sp³-hybridized carbons (Fsp3) is 0.364. The number of aromatic nitrogens is 2. The lowest BCUT2D eigenvalue weighted by atomic mass is 10.2. The number of nitrogens with zero attached hydrogens (tertiary/aromatic N) is 1. The number of rotatable bonds is 4. The van der Waals surface area contributed by atoms with Gasteiger partial charge in [0.2, 0.25) is 0 Å². The third-order valence-corrected chi connectivity index (χ3v) is 4.08. The fourth-order valence-corrected chi connectivity index (χ4v) is 3.03. The Balaban J connectivity index is 2.82. The van der Waals surface area contributed by atoms with Crippen LogP contribution in [-0.2, 0) is 11.3 Å². The van der Waals surface area contributed by atoms with Crippen molar-refractivity contribution in [2.24, 2.45) is 0 Å². The van der Waals surface area contributed by atoms with Gasteiger partial charge in [0.05, 0.1) is 18.5 Å². The molecule has 0 fully saturated rings. The average Bonchev–Trinajstić information content (AvgIpc) is 2.67. The van der Waals surface area contributed by atoms with Gasteiger partial charge in [0.25, 0.3) is 5.56 Å². The van der Waals surface area contributed by atoms with Crippen molar-refractivity contribution in [1.82, 2.24) is 9.55 Å². The number of hydrogen-bond donors (Lipinski definition) is 2. The molecule has 0 bridgehead atoms. The van der Waals surface area contributed by atoms with Crippen LogP contribution in [0.1, 0.15) is 15.2 Å². The number of thiophene rings is 1. The molecule has 2 N–H and O–H groups in total. The van der Waals surface area contributed by atoms with Crippen molar-refractivity contribution in [2.45, 2.75) is 13.5 Å². The summed E-state index contributed by atoms with van der Waals surface area (Å²) >= 11 is 0.925. The normalized spacial score (nSPS) is 11.1. The van der Waals surface area contributed by atoms with E-state index < -0.39 is 17.2 Å². The molecule has 0 radical (unpaired) electrons. The smallest absolute Gasteiger partial charge is 0.346 e. The van der Waals surface area contributed by atoms with Crippen molar-refractivity contribution in [3.05, 3.63) is 31.3 Å². The van der Waals surface area contributed by atoms with Crippen molar-refractivity contribution in [3.8, 4) is 0 Å². The van der Waals surface area contributed by atoms with Crippen LogP contribution in [0.5, 0.6) is 0 Å². The van der Waals surface area contributed by atoms with E-state index in [1.165, 1.54) is 11.7 Å². The van der Waals surface area contributed by atoms with Gasteiger partial charge in [-0.1, -0.05) is 0 Å². The first-order valence-electron chi connectivity index (χ1n) is 5.45. The Morgan fingerprint density at radius 2 is 2.16 bits per heavy atom. The summed E-state index contributed by atoms with van der Waals surface area (Å²) in [5.74, 6) is -1.11. The molecular formula is C11H12N2O5S. The molecule has 0 aliphatic rings. The Bertz CT molecular complexity index is 755. The number of carboxylic acid groups (broad SMARTS) is 1. The Kier molecular flexibility index (Phi) is 3.54. The topological polar surface area (TPSA) is 101 Å². The SMILES string of the molecule is COCCn1c(=O)[nH]c(=O)c2c(C)c(C(=O)O)sc21. The number of ether oxygens (including phenoxy) is 1. The van der Waals surface area contributed by atoms with Crippen molar-refractivity contribution in [3.63, 3.8) is 0 Å². The molecule has 0 atom stereocenters. The summed E-state index contributed by atoms with van der Waals surface area (Å²) in [6.45, 7) is 2.10. The number of aromatic amines is 1. The second-order valence-corrected chi connectivity index (χ2v) is 4.94. The number of methoxy groups -OCH3 is 1. The van der Waals surface area contributed by atoms with E-state index in [2.05, 4.69) is 4.98 Å². The molecule has 0 aromatic carbocycles. The largest absolute Gasteiger partial charge is 0.477 e. The molecular weight excluding hydrogens is 272 g/mol. The molecule has 2 heterocycles. The maximum absolute atomic E-state index is 11.8. The quantitative estimate of drug-likeness (QED) is 0.846. The molecule has 0 aliphatic carbocycles. The first-order valence-corrected chi connectivity index (χ1v) is 6.27. The van der Waals surface area contributed by atoms with Crippen molar-refractivity contribution in [1.29, 1.82) is 0 Å². The average molecular weight is 284 g/mol. The van der Waals surface area contributed by atoms with Gasteiger partial charge in [-0.05, 0) is 12.5 Å². The number of fused-ring (bicyclic) bond motifs is 1. The molecule has 7 nitrogen and oxygen atoms in total. The van der Waals surface area contributed by atoms with Gasteiger partial charge >= 0.3 is 11.7 Å². The van der Waals surface area contributed by atoms with E-state index in [4.69, 9.17) is 9.84 Å². The lowest BCUT2D eigenvalue weighted by Gasteiger charge is -2.05. The third-order valence-electron chi connectivity index (χ3n) is 2.78. The summed E-state index contributed by atoms with van der Waals surface area (Å²) in [7, 11) is 1.50. The van der Waals surface area contributed by atoms with E-state index in [0.29, 0.717) is 17.0 Å². The number of aryl methyl sites for hydroxylation is 1. The lowest BCUT2D eigenvalue weighted by Crippen LogP contribution is -2.30. The standard InChI is InChI=1S/C11H12N2O5S/c1-5-6-8(14)12-11(17)13(3-4-18-2)9(6)19-7(5)10(15)16/h3-4H2,1-2H3,(H,15,16)(H,12,14,17). The molecule has 2 aromatic heterocycles. The van der Waals surface area contributed by atoms with Crippen LogP contribution >= 0.6 is 11.3 Å².